The Kier molecular flexibility index (Phi) is 5.56. The fraction of sp³-hybridized carbons (Fsp3) is 0.650. The van der Waals surface area contributed by atoms with Crippen LogP contribution in [-0.2, 0) is 4.79 Å². The summed E-state index contributed by atoms with van der Waals surface area (Å²) in [5, 5.41) is 3.12. The van der Waals surface area contributed by atoms with Gasteiger partial charge in [-0.25, -0.2) is 0 Å². The number of carbonyl (C=O) groups is 1. The summed E-state index contributed by atoms with van der Waals surface area (Å²) in [7, 11) is 0. The number of amides is 1. The van der Waals surface area contributed by atoms with Gasteiger partial charge in [0.1, 0.15) is 0 Å². The van der Waals surface area contributed by atoms with Gasteiger partial charge in [-0.2, -0.15) is 0 Å². The number of anilines is 1. The molecule has 2 aliphatic rings. The average Bonchev–Trinajstić information content (AvgIpc) is 3.31. The molecule has 1 N–H and O–H groups in total. The minimum absolute atomic E-state index is 0.224. The lowest BCUT2D eigenvalue weighted by Crippen LogP contribution is -2.38. The molecule has 0 bridgehead atoms. The van der Waals surface area contributed by atoms with E-state index in [-0.39, 0.29) is 11.8 Å². The number of benzene rings is 1. The van der Waals surface area contributed by atoms with Crippen LogP contribution in [0.4, 0.5) is 5.69 Å². The van der Waals surface area contributed by atoms with Gasteiger partial charge in [-0.15, -0.1) is 11.8 Å². The van der Waals surface area contributed by atoms with E-state index >= 15 is 0 Å². The Labute approximate surface area is 150 Å². The van der Waals surface area contributed by atoms with Crippen molar-refractivity contribution in [1.29, 1.82) is 0 Å². The first-order chi connectivity index (χ1) is 11.6. The number of hydrogen-bond donors (Lipinski definition) is 1. The normalized spacial score (nSPS) is 23.9. The predicted molar refractivity (Wildman–Crippen MR) is 103 cm³/mol. The fourth-order valence-corrected chi connectivity index (χ4v) is 4.33. The first-order valence-corrected chi connectivity index (χ1v) is 10.5. The first kappa shape index (κ1) is 17.8. The smallest absolute Gasteiger partial charge is 0.228 e. The Morgan fingerprint density at radius 1 is 1.33 bits per heavy atom. The average molecular weight is 347 g/mol. The van der Waals surface area contributed by atoms with Crippen LogP contribution in [0.3, 0.4) is 0 Å². The Morgan fingerprint density at radius 2 is 2.00 bits per heavy atom. The highest BCUT2D eigenvalue weighted by Crippen LogP contribution is 2.59. The molecule has 24 heavy (non-hydrogen) atoms. The Balaban J connectivity index is 1.48. The molecule has 3 nitrogen and oxygen atoms in total. The number of rotatable bonds is 6. The van der Waals surface area contributed by atoms with Gasteiger partial charge in [-0.05, 0) is 74.2 Å². The molecule has 1 saturated carbocycles. The van der Waals surface area contributed by atoms with Crippen molar-refractivity contribution in [2.24, 2.45) is 17.3 Å². The molecule has 3 rings (SSSR count). The van der Waals surface area contributed by atoms with Crippen LogP contribution in [0.15, 0.2) is 29.2 Å². The van der Waals surface area contributed by atoms with Crippen molar-refractivity contribution in [3.8, 4) is 0 Å². The lowest BCUT2D eigenvalue weighted by atomic mass is 9.90. The molecule has 1 amide bonds. The molecule has 1 saturated heterocycles. The van der Waals surface area contributed by atoms with E-state index in [0.717, 1.165) is 31.1 Å². The second-order valence-corrected chi connectivity index (χ2v) is 8.53. The number of nitrogens with one attached hydrogen (secondary N) is 1. The number of thioether (sulfide) groups is 1. The van der Waals surface area contributed by atoms with Crippen LogP contribution in [0.1, 0.15) is 39.5 Å². The third kappa shape index (κ3) is 3.97. The van der Waals surface area contributed by atoms with Crippen molar-refractivity contribution in [2.45, 2.75) is 44.4 Å². The molecule has 0 unspecified atom stereocenters. The summed E-state index contributed by atoms with van der Waals surface area (Å²) < 4.78 is 0. The number of hydrogen-bond acceptors (Lipinski definition) is 3. The maximum absolute atomic E-state index is 12.6. The largest absolute Gasteiger partial charge is 0.326 e. The minimum Gasteiger partial charge on any atom is -0.326 e. The Morgan fingerprint density at radius 3 is 2.58 bits per heavy atom. The topological polar surface area (TPSA) is 32.3 Å². The first-order valence-electron chi connectivity index (χ1n) is 9.23. The maximum Gasteiger partial charge on any atom is 0.228 e. The van der Waals surface area contributed by atoms with Crippen molar-refractivity contribution in [2.75, 3.05) is 31.2 Å². The van der Waals surface area contributed by atoms with Gasteiger partial charge in [-0.3, -0.25) is 4.79 Å². The summed E-state index contributed by atoms with van der Waals surface area (Å²) in [5.41, 5.74) is 1.23. The molecule has 1 aromatic carbocycles. The van der Waals surface area contributed by atoms with Gasteiger partial charge in [0, 0.05) is 23.0 Å². The van der Waals surface area contributed by atoms with Gasteiger partial charge in [0.05, 0.1) is 0 Å². The van der Waals surface area contributed by atoms with Crippen LogP contribution in [0.5, 0.6) is 0 Å². The van der Waals surface area contributed by atoms with Gasteiger partial charge in [0.15, 0.2) is 0 Å². The van der Waals surface area contributed by atoms with Crippen LogP contribution in [0.25, 0.3) is 0 Å². The van der Waals surface area contributed by atoms with Crippen molar-refractivity contribution in [3.05, 3.63) is 24.3 Å². The van der Waals surface area contributed by atoms with E-state index in [2.05, 4.69) is 42.5 Å². The number of piperidine rings is 1. The van der Waals surface area contributed by atoms with Gasteiger partial charge in [-0.1, -0.05) is 20.3 Å². The standard InChI is InChI=1S/C20H30N2OS/c1-4-15(2)14-22-11-9-20(10-12-22)13-18(20)19(23)21-16-5-7-17(24-3)8-6-16/h5-8,15,18H,4,9-14H2,1-3H3,(H,21,23)/t15-,18+/m0/s1. The van der Waals surface area contributed by atoms with E-state index in [4.69, 9.17) is 0 Å². The van der Waals surface area contributed by atoms with Crippen molar-refractivity contribution in [1.82, 2.24) is 4.90 Å². The molecule has 1 heterocycles. The maximum atomic E-state index is 12.6. The number of nitrogens with zero attached hydrogens (tertiary/aromatic N) is 1. The summed E-state index contributed by atoms with van der Waals surface area (Å²) in [5.74, 6) is 1.23. The molecule has 1 aliphatic carbocycles. The Hall–Kier alpha value is -1.00. The lowest BCUT2D eigenvalue weighted by molar-refractivity contribution is -0.118. The molecule has 0 radical (unpaired) electrons. The Bertz CT molecular complexity index is 564. The molecule has 2 atom stereocenters. The third-order valence-corrected chi connectivity index (χ3v) is 6.73. The van der Waals surface area contributed by atoms with Crippen molar-refractivity contribution < 1.29 is 4.79 Å². The molecule has 1 aliphatic heterocycles. The summed E-state index contributed by atoms with van der Waals surface area (Å²) in [6.07, 6.45) is 6.77. The molecule has 2 fully saturated rings. The SMILES string of the molecule is CC[C@H](C)CN1CCC2(CC1)C[C@@H]2C(=O)Nc1ccc(SC)cc1. The molecule has 1 spiro atoms. The van der Waals surface area contributed by atoms with Crippen molar-refractivity contribution >= 4 is 23.4 Å². The van der Waals surface area contributed by atoms with Crippen LogP contribution in [0.2, 0.25) is 0 Å². The number of carbonyl (C=O) groups excluding carboxylic acids is 1. The summed E-state index contributed by atoms with van der Waals surface area (Å²) in [6.45, 7) is 8.14. The molecule has 0 aromatic heterocycles. The highest BCUT2D eigenvalue weighted by Gasteiger charge is 2.58. The summed E-state index contributed by atoms with van der Waals surface area (Å²) in [6, 6.07) is 8.15. The monoisotopic (exact) mass is 346 g/mol. The van der Waals surface area contributed by atoms with Gasteiger partial charge in [0.25, 0.3) is 0 Å². The van der Waals surface area contributed by atoms with Gasteiger partial charge in [0.2, 0.25) is 5.91 Å². The minimum atomic E-state index is 0.224. The zero-order valence-corrected chi connectivity index (χ0v) is 16.0. The second-order valence-electron chi connectivity index (χ2n) is 7.65. The predicted octanol–water partition coefficient (Wildman–Crippen LogP) is 4.50. The summed E-state index contributed by atoms with van der Waals surface area (Å²) >= 11 is 1.72. The van der Waals surface area contributed by atoms with Crippen LogP contribution in [0, 0.1) is 17.3 Å². The molecule has 1 aromatic rings. The zero-order valence-electron chi connectivity index (χ0n) is 15.2. The highest BCUT2D eigenvalue weighted by atomic mass is 32.2. The van der Waals surface area contributed by atoms with E-state index in [1.54, 1.807) is 11.8 Å². The second kappa shape index (κ2) is 7.49. The van der Waals surface area contributed by atoms with Crippen LogP contribution >= 0.6 is 11.8 Å². The fourth-order valence-electron chi connectivity index (χ4n) is 3.93. The van der Waals surface area contributed by atoms with E-state index < -0.39 is 0 Å². The summed E-state index contributed by atoms with van der Waals surface area (Å²) in [4.78, 5) is 16.4. The van der Waals surface area contributed by atoms with E-state index in [0.29, 0.717) is 5.41 Å². The van der Waals surface area contributed by atoms with Gasteiger partial charge >= 0.3 is 0 Å². The van der Waals surface area contributed by atoms with Gasteiger partial charge < -0.3 is 10.2 Å². The molecular weight excluding hydrogens is 316 g/mol. The van der Waals surface area contributed by atoms with Crippen molar-refractivity contribution in [3.63, 3.8) is 0 Å². The lowest BCUT2D eigenvalue weighted by Gasteiger charge is -2.34. The molecule has 4 heteroatoms. The molecule has 132 valence electrons. The molecular formula is C20H30N2OS. The zero-order chi connectivity index (χ0) is 17.2. The van der Waals surface area contributed by atoms with Crippen LogP contribution < -0.4 is 5.32 Å². The van der Waals surface area contributed by atoms with E-state index in [1.807, 2.05) is 12.1 Å². The van der Waals surface area contributed by atoms with E-state index in [9.17, 15) is 4.79 Å². The quantitative estimate of drug-likeness (QED) is 0.770. The highest BCUT2D eigenvalue weighted by molar-refractivity contribution is 7.98. The number of likely N-dealkylation sites (tertiary alicyclic amines) is 1. The van der Waals surface area contributed by atoms with Crippen LogP contribution in [-0.4, -0.2) is 36.7 Å². The third-order valence-electron chi connectivity index (χ3n) is 5.98. The van der Waals surface area contributed by atoms with E-state index in [1.165, 1.54) is 30.7 Å².